The molecule has 0 aliphatic carbocycles. The minimum Gasteiger partial charge on any atom is -0.340 e. The van der Waals surface area contributed by atoms with Crippen LogP contribution in [0.3, 0.4) is 0 Å². The van der Waals surface area contributed by atoms with Gasteiger partial charge in [-0.05, 0) is 74.4 Å². The Balaban J connectivity index is 1.69. The Kier molecular flexibility index (Phi) is 6.38. The monoisotopic (exact) mass is 432 g/mol. The van der Waals surface area contributed by atoms with Crippen LogP contribution in [0, 0.1) is 34.6 Å². The van der Waals surface area contributed by atoms with Gasteiger partial charge in [-0.1, -0.05) is 0 Å². The van der Waals surface area contributed by atoms with Crippen LogP contribution in [0.4, 0.5) is 0 Å². The smallest absolute Gasteiger partial charge is 0.243 e. The van der Waals surface area contributed by atoms with Crippen molar-refractivity contribution < 1.29 is 13.2 Å². The van der Waals surface area contributed by atoms with Gasteiger partial charge >= 0.3 is 0 Å². The Labute approximate surface area is 179 Å². The number of hydrogen-bond donors (Lipinski definition) is 0. The van der Waals surface area contributed by atoms with E-state index in [0.717, 1.165) is 33.4 Å². The molecule has 1 aliphatic heterocycles. The van der Waals surface area contributed by atoms with Crippen molar-refractivity contribution in [3.05, 3.63) is 45.8 Å². The molecule has 7 nitrogen and oxygen atoms in total. The van der Waals surface area contributed by atoms with E-state index in [2.05, 4.69) is 5.10 Å². The fraction of sp³-hybridized carbons (Fsp3) is 0.545. The van der Waals surface area contributed by atoms with E-state index < -0.39 is 10.0 Å². The molecule has 0 atom stereocenters. The predicted molar refractivity (Wildman–Crippen MR) is 117 cm³/mol. The molecule has 30 heavy (non-hydrogen) atoms. The summed E-state index contributed by atoms with van der Waals surface area (Å²) in [6.45, 7) is 11.3. The number of carbonyl (C=O) groups excluding carboxylic acids is 1. The Morgan fingerprint density at radius 2 is 1.47 bits per heavy atom. The van der Waals surface area contributed by atoms with Gasteiger partial charge < -0.3 is 4.90 Å². The lowest BCUT2D eigenvalue weighted by molar-refractivity contribution is -0.132. The Bertz CT molecular complexity index is 1040. The number of aryl methyl sites for hydroxylation is 2. The zero-order chi connectivity index (χ0) is 22.2. The predicted octanol–water partition coefficient (Wildman–Crippen LogP) is 2.43. The molecule has 0 spiro atoms. The average Bonchev–Trinajstić information content (AvgIpc) is 3.14. The summed E-state index contributed by atoms with van der Waals surface area (Å²) in [5, 5.41) is 4.12. The minimum absolute atomic E-state index is 0.0605. The minimum atomic E-state index is -3.60. The summed E-state index contributed by atoms with van der Waals surface area (Å²) in [7, 11) is -1.75. The third-order valence-electron chi connectivity index (χ3n) is 6.51. The Hall–Kier alpha value is -2.19. The maximum Gasteiger partial charge on any atom is 0.243 e. The largest absolute Gasteiger partial charge is 0.340 e. The SMILES string of the molecule is Cc1c(C)c(C)c(S(=O)(=O)N2CCN(C(=O)CCc3cnn(C)c3)CC2)c(C)c1C. The number of amides is 1. The number of benzene rings is 1. The van der Waals surface area contributed by atoms with Crippen molar-refractivity contribution in [2.75, 3.05) is 26.2 Å². The fourth-order valence-corrected chi connectivity index (χ4v) is 6.15. The van der Waals surface area contributed by atoms with Gasteiger partial charge in [0.25, 0.3) is 0 Å². The van der Waals surface area contributed by atoms with Gasteiger partial charge in [-0.2, -0.15) is 9.40 Å². The standard InChI is InChI=1S/C22H32N4O3S/c1-15-16(2)18(4)22(19(5)17(15)3)30(28,29)26-11-9-25(10-12-26)21(27)8-7-20-13-23-24(6)14-20/h13-14H,7-12H2,1-6H3. The lowest BCUT2D eigenvalue weighted by atomic mass is 9.95. The van der Waals surface area contributed by atoms with Crippen molar-refractivity contribution in [1.29, 1.82) is 0 Å². The van der Waals surface area contributed by atoms with Gasteiger partial charge in [-0.25, -0.2) is 8.42 Å². The summed E-state index contributed by atoms with van der Waals surface area (Å²) in [4.78, 5) is 14.8. The van der Waals surface area contributed by atoms with Gasteiger partial charge in [0, 0.05) is 45.8 Å². The molecule has 2 aromatic rings. The first-order chi connectivity index (χ1) is 14.0. The van der Waals surface area contributed by atoms with Crippen LogP contribution in [0.25, 0.3) is 0 Å². The summed E-state index contributed by atoms with van der Waals surface area (Å²) in [6.07, 6.45) is 4.74. The number of piperazine rings is 1. The molecule has 164 valence electrons. The van der Waals surface area contributed by atoms with Crippen LogP contribution in [0.1, 0.15) is 39.8 Å². The molecule has 0 unspecified atom stereocenters. The molecule has 0 bridgehead atoms. The molecule has 0 radical (unpaired) electrons. The van der Waals surface area contributed by atoms with E-state index in [9.17, 15) is 13.2 Å². The van der Waals surface area contributed by atoms with E-state index >= 15 is 0 Å². The molecule has 0 N–H and O–H groups in total. The molecule has 1 saturated heterocycles. The van der Waals surface area contributed by atoms with E-state index in [1.807, 2.05) is 47.9 Å². The van der Waals surface area contributed by atoms with Crippen molar-refractivity contribution in [3.63, 3.8) is 0 Å². The lowest BCUT2D eigenvalue weighted by Crippen LogP contribution is -2.50. The first kappa shape index (κ1) is 22.5. The van der Waals surface area contributed by atoms with Gasteiger partial charge in [0.05, 0.1) is 11.1 Å². The lowest BCUT2D eigenvalue weighted by Gasteiger charge is -2.35. The van der Waals surface area contributed by atoms with Gasteiger partial charge in [0.1, 0.15) is 0 Å². The third kappa shape index (κ3) is 4.16. The topological polar surface area (TPSA) is 75.5 Å². The number of sulfonamides is 1. The van der Waals surface area contributed by atoms with Crippen LogP contribution in [-0.4, -0.2) is 59.5 Å². The van der Waals surface area contributed by atoms with Gasteiger partial charge in [0.15, 0.2) is 0 Å². The van der Waals surface area contributed by atoms with Crippen molar-refractivity contribution in [2.45, 2.75) is 52.4 Å². The number of hydrogen-bond acceptors (Lipinski definition) is 4. The summed E-state index contributed by atoms with van der Waals surface area (Å²) in [5.74, 6) is 0.0605. The van der Waals surface area contributed by atoms with E-state index in [1.54, 1.807) is 15.8 Å². The van der Waals surface area contributed by atoms with E-state index in [-0.39, 0.29) is 5.91 Å². The molecule has 1 fully saturated rings. The second-order valence-corrected chi connectivity index (χ2v) is 10.1. The maximum atomic E-state index is 13.4. The molecular formula is C22H32N4O3S. The van der Waals surface area contributed by atoms with Crippen molar-refractivity contribution in [1.82, 2.24) is 19.0 Å². The van der Waals surface area contributed by atoms with Crippen LogP contribution >= 0.6 is 0 Å². The van der Waals surface area contributed by atoms with Crippen molar-refractivity contribution >= 4 is 15.9 Å². The zero-order valence-electron chi connectivity index (χ0n) is 18.8. The second kappa shape index (κ2) is 8.51. The van der Waals surface area contributed by atoms with Gasteiger partial charge in [-0.15, -0.1) is 0 Å². The number of aromatic nitrogens is 2. The van der Waals surface area contributed by atoms with Crippen molar-refractivity contribution in [3.8, 4) is 0 Å². The van der Waals surface area contributed by atoms with E-state index in [0.29, 0.717) is 43.9 Å². The van der Waals surface area contributed by atoms with Crippen molar-refractivity contribution in [2.24, 2.45) is 7.05 Å². The zero-order valence-corrected chi connectivity index (χ0v) is 19.6. The molecule has 1 aliphatic rings. The van der Waals surface area contributed by atoms with Gasteiger partial charge in [-0.3, -0.25) is 9.48 Å². The quantitative estimate of drug-likeness (QED) is 0.727. The summed E-state index contributed by atoms with van der Waals surface area (Å²) >= 11 is 0. The molecule has 1 aromatic heterocycles. The highest BCUT2D eigenvalue weighted by atomic mass is 32.2. The fourth-order valence-electron chi connectivity index (χ4n) is 4.17. The highest BCUT2D eigenvalue weighted by Crippen LogP contribution is 2.32. The summed E-state index contributed by atoms with van der Waals surface area (Å²) in [6, 6.07) is 0. The highest BCUT2D eigenvalue weighted by Gasteiger charge is 2.33. The van der Waals surface area contributed by atoms with Crippen LogP contribution in [0.5, 0.6) is 0 Å². The van der Waals surface area contributed by atoms with Crippen LogP contribution in [0.15, 0.2) is 17.3 Å². The maximum absolute atomic E-state index is 13.4. The summed E-state index contributed by atoms with van der Waals surface area (Å²) < 4.78 is 30.1. The van der Waals surface area contributed by atoms with Crippen LogP contribution in [-0.2, 0) is 28.3 Å². The van der Waals surface area contributed by atoms with E-state index in [4.69, 9.17) is 0 Å². The first-order valence-corrected chi connectivity index (χ1v) is 11.8. The molecule has 8 heteroatoms. The first-order valence-electron chi connectivity index (χ1n) is 10.4. The van der Waals surface area contributed by atoms with Gasteiger partial charge in [0.2, 0.25) is 15.9 Å². The molecule has 1 aromatic carbocycles. The third-order valence-corrected chi connectivity index (χ3v) is 8.68. The average molecular weight is 433 g/mol. The second-order valence-electron chi connectivity index (χ2n) is 8.26. The molecule has 2 heterocycles. The number of carbonyl (C=O) groups is 1. The highest BCUT2D eigenvalue weighted by molar-refractivity contribution is 7.89. The van der Waals surface area contributed by atoms with Crippen LogP contribution in [0.2, 0.25) is 0 Å². The normalized spacial score (nSPS) is 15.6. The summed E-state index contributed by atoms with van der Waals surface area (Å²) in [5.41, 5.74) is 5.88. The number of nitrogens with zero attached hydrogens (tertiary/aromatic N) is 4. The number of rotatable bonds is 5. The Morgan fingerprint density at radius 3 is 1.97 bits per heavy atom. The molecular weight excluding hydrogens is 400 g/mol. The molecule has 3 rings (SSSR count). The Morgan fingerprint density at radius 1 is 0.933 bits per heavy atom. The van der Waals surface area contributed by atoms with Crippen LogP contribution < -0.4 is 0 Å². The molecule has 1 amide bonds. The van der Waals surface area contributed by atoms with E-state index in [1.165, 1.54) is 4.31 Å². The molecule has 0 saturated carbocycles.